The van der Waals surface area contributed by atoms with E-state index in [9.17, 15) is 9.70 Å². The molecule has 0 saturated carbocycles. The molecule has 0 saturated heterocycles. The predicted octanol–water partition coefficient (Wildman–Crippen LogP) is 2.33. The molecule has 0 aliphatic rings. The maximum absolute atomic E-state index is 11.5. The van der Waals surface area contributed by atoms with Crippen molar-refractivity contribution >= 4 is 17.3 Å². The van der Waals surface area contributed by atoms with Crippen molar-refractivity contribution in [1.82, 2.24) is 9.38 Å². The van der Waals surface area contributed by atoms with Gasteiger partial charge in [0.25, 0.3) is 0 Å². The molecule has 0 fully saturated rings. The molecule has 2 aromatic heterocycles. The van der Waals surface area contributed by atoms with E-state index in [0.29, 0.717) is 5.56 Å². The second-order valence-electron chi connectivity index (χ2n) is 3.54. The first-order chi connectivity index (χ1) is 9.21. The van der Waals surface area contributed by atoms with Crippen LogP contribution in [-0.4, -0.2) is 22.5 Å². The Morgan fingerprint density at radius 3 is 3.05 bits per heavy atom. The van der Waals surface area contributed by atoms with Gasteiger partial charge in [-0.3, -0.25) is 4.40 Å². The number of methoxy groups -OCH3 is 1. The first-order valence-electron chi connectivity index (χ1n) is 5.13. The zero-order valence-corrected chi connectivity index (χ0v) is 9.85. The molecular formula is C10H8N6O3. The molecule has 0 N–H and O–H groups in total. The lowest BCUT2D eigenvalue weighted by Crippen LogP contribution is -2.05. The monoisotopic (exact) mass is 260 g/mol. The van der Waals surface area contributed by atoms with Crippen molar-refractivity contribution in [2.24, 2.45) is 10.3 Å². The minimum Gasteiger partial charge on any atom is -0.464 e. The Morgan fingerprint density at radius 1 is 1.63 bits per heavy atom. The number of aromatic nitrogens is 2. The summed E-state index contributed by atoms with van der Waals surface area (Å²) in [6.07, 6.45) is 2.82. The second kappa shape index (κ2) is 5.15. The van der Waals surface area contributed by atoms with Crippen LogP contribution in [0.1, 0.15) is 16.1 Å². The SMILES string of the molecule is COC(=O)c1cnc2c(N=O)cc(CN=[N+]=[N-])cn12. The maximum Gasteiger partial charge on any atom is 0.356 e. The largest absolute Gasteiger partial charge is 0.464 e. The van der Waals surface area contributed by atoms with Crippen LogP contribution in [0.25, 0.3) is 16.1 Å². The summed E-state index contributed by atoms with van der Waals surface area (Å²) in [5.41, 5.74) is 9.27. The van der Waals surface area contributed by atoms with Crippen LogP contribution in [0.3, 0.4) is 0 Å². The van der Waals surface area contributed by atoms with Gasteiger partial charge < -0.3 is 4.74 Å². The lowest BCUT2D eigenvalue weighted by molar-refractivity contribution is 0.0593. The predicted molar refractivity (Wildman–Crippen MR) is 64.8 cm³/mol. The molecule has 0 atom stereocenters. The van der Waals surface area contributed by atoms with Crippen molar-refractivity contribution in [2.45, 2.75) is 6.54 Å². The van der Waals surface area contributed by atoms with Gasteiger partial charge >= 0.3 is 5.97 Å². The van der Waals surface area contributed by atoms with Crippen molar-refractivity contribution < 1.29 is 9.53 Å². The van der Waals surface area contributed by atoms with Gasteiger partial charge in [-0.1, -0.05) is 5.11 Å². The van der Waals surface area contributed by atoms with Gasteiger partial charge in [0.15, 0.2) is 17.0 Å². The Morgan fingerprint density at radius 2 is 2.42 bits per heavy atom. The van der Waals surface area contributed by atoms with E-state index in [1.165, 1.54) is 30.0 Å². The molecule has 9 nitrogen and oxygen atoms in total. The molecule has 96 valence electrons. The third-order valence-corrected chi connectivity index (χ3v) is 2.45. The Balaban J connectivity index is 2.66. The highest BCUT2D eigenvalue weighted by Gasteiger charge is 2.15. The summed E-state index contributed by atoms with van der Waals surface area (Å²) in [4.78, 5) is 28.9. The molecule has 0 radical (unpaired) electrons. The van der Waals surface area contributed by atoms with Crippen molar-refractivity contribution in [2.75, 3.05) is 7.11 Å². The number of pyridine rings is 1. The van der Waals surface area contributed by atoms with E-state index in [2.05, 4.69) is 24.9 Å². The van der Waals surface area contributed by atoms with Gasteiger partial charge in [0.1, 0.15) is 0 Å². The number of azide groups is 1. The molecule has 19 heavy (non-hydrogen) atoms. The van der Waals surface area contributed by atoms with Crippen molar-refractivity contribution in [3.05, 3.63) is 45.1 Å². The highest BCUT2D eigenvalue weighted by atomic mass is 16.5. The summed E-state index contributed by atoms with van der Waals surface area (Å²) in [5.74, 6) is -0.592. The third kappa shape index (κ3) is 2.22. The van der Waals surface area contributed by atoms with Gasteiger partial charge in [0.05, 0.1) is 19.9 Å². The molecule has 0 aromatic carbocycles. The number of hydrogen-bond acceptors (Lipinski definition) is 6. The molecular weight excluding hydrogens is 252 g/mol. The lowest BCUT2D eigenvalue weighted by atomic mass is 10.2. The summed E-state index contributed by atoms with van der Waals surface area (Å²) in [7, 11) is 1.24. The van der Waals surface area contributed by atoms with E-state index in [0.717, 1.165) is 0 Å². The van der Waals surface area contributed by atoms with E-state index in [4.69, 9.17) is 5.53 Å². The minimum atomic E-state index is -0.592. The molecule has 0 aliphatic carbocycles. The van der Waals surface area contributed by atoms with Crippen molar-refractivity contribution in [3.63, 3.8) is 0 Å². The van der Waals surface area contributed by atoms with Gasteiger partial charge in [-0.2, -0.15) is 0 Å². The van der Waals surface area contributed by atoms with Gasteiger partial charge in [0, 0.05) is 11.1 Å². The molecule has 0 aliphatic heterocycles. The molecule has 0 amide bonds. The highest BCUT2D eigenvalue weighted by Crippen LogP contribution is 2.23. The number of nitroso groups, excluding NO2 is 1. The number of ether oxygens (including phenoxy) is 1. The highest BCUT2D eigenvalue weighted by molar-refractivity contribution is 5.89. The minimum absolute atomic E-state index is 0.0355. The summed E-state index contributed by atoms with van der Waals surface area (Å²) < 4.78 is 5.99. The van der Waals surface area contributed by atoms with Gasteiger partial charge in [-0.05, 0) is 22.3 Å². The molecule has 2 rings (SSSR count). The zero-order valence-electron chi connectivity index (χ0n) is 9.85. The van der Waals surface area contributed by atoms with E-state index in [1.807, 2.05) is 0 Å². The lowest BCUT2D eigenvalue weighted by Gasteiger charge is -2.03. The van der Waals surface area contributed by atoms with Crippen LogP contribution in [-0.2, 0) is 11.3 Å². The normalized spacial score (nSPS) is 9.95. The maximum atomic E-state index is 11.5. The van der Waals surface area contributed by atoms with Crippen LogP contribution in [0.15, 0.2) is 28.8 Å². The standard InChI is InChI=1S/C10H8N6O3/c1-19-10(17)8-4-12-9-7(14-18)2-6(3-13-15-11)5-16(8)9/h2,4-5H,3H2,1H3. The Hall–Kier alpha value is -2.93. The van der Waals surface area contributed by atoms with Crippen molar-refractivity contribution in [1.29, 1.82) is 0 Å². The van der Waals surface area contributed by atoms with E-state index >= 15 is 0 Å². The third-order valence-electron chi connectivity index (χ3n) is 2.45. The van der Waals surface area contributed by atoms with Crippen LogP contribution >= 0.6 is 0 Å². The number of nitrogens with zero attached hydrogens (tertiary/aromatic N) is 6. The molecule has 2 heterocycles. The van der Waals surface area contributed by atoms with E-state index in [1.54, 1.807) is 0 Å². The first-order valence-corrected chi connectivity index (χ1v) is 5.13. The fourth-order valence-corrected chi connectivity index (χ4v) is 1.65. The summed E-state index contributed by atoms with van der Waals surface area (Å²) in [5, 5.41) is 6.24. The topological polar surface area (TPSA) is 122 Å². The van der Waals surface area contributed by atoms with Crippen LogP contribution < -0.4 is 0 Å². The second-order valence-corrected chi connectivity index (χ2v) is 3.54. The number of carbonyl (C=O) groups is 1. The molecule has 9 heteroatoms. The first kappa shape index (κ1) is 12.5. The average Bonchev–Trinajstić information content (AvgIpc) is 2.87. The van der Waals surface area contributed by atoms with Crippen LogP contribution in [0.4, 0.5) is 5.69 Å². The smallest absolute Gasteiger partial charge is 0.356 e. The number of rotatable bonds is 4. The van der Waals surface area contributed by atoms with Crippen molar-refractivity contribution in [3.8, 4) is 0 Å². The fourth-order valence-electron chi connectivity index (χ4n) is 1.65. The molecule has 0 spiro atoms. The summed E-state index contributed by atoms with van der Waals surface area (Å²) >= 11 is 0. The Bertz CT molecular complexity index is 701. The zero-order chi connectivity index (χ0) is 13.8. The van der Waals surface area contributed by atoms with E-state index in [-0.39, 0.29) is 23.6 Å². The van der Waals surface area contributed by atoms with Gasteiger partial charge in [-0.15, -0.1) is 4.91 Å². The fraction of sp³-hybridized carbons (Fsp3) is 0.200. The Kier molecular flexibility index (Phi) is 3.39. The number of carbonyl (C=O) groups excluding carboxylic acids is 1. The Labute approximate surface area is 106 Å². The summed E-state index contributed by atoms with van der Waals surface area (Å²) in [6, 6.07) is 1.45. The van der Waals surface area contributed by atoms with Crippen LogP contribution in [0.5, 0.6) is 0 Å². The van der Waals surface area contributed by atoms with Crippen LogP contribution in [0, 0.1) is 4.91 Å². The van der Waals surface area contributed by atoms with Crippen LogP contribution in [0.2, 0.25) is 0 Å². The van der Waals surface area contributed by atoms with E-state index < -0.39 is 5.97 Å². The quantitative estimate of drug-likeness (QED) is 0.275. The van der Waals surface area contributed by atoms with Gasteiger partial charge in [-0.25, -0.2) is 9.78 Å². The molecule has 0 bridgehead atoms. The molecule has 0 unspecified atom stereocenters. The summed E-state index contributed by atoms with van der Waals surface area (Å²) in [6.45, 7) is 0.0355. The number of fused-ring (bicyclic) bond motifs is 1. The average molecular weight is 260 g/mol. The number of hydrogen-bond donors (Lipinski definition) is 0. The number of imidazole rings is 1. The number of esters is 1. The van der Waals surface area contributed by atoms with Gasteiger partial charge in [0.2, 0.25) is 0 Å². The molecule has 2 aromatic rings.